The molecule has 1 N–H and O–H groups in total. The van der Waals surface area contributed by atoms with Crippen molar-refractivity contribution in [3.8, 4) is 11.4 Å². The van der Waals surface area contributed by atoms with E-state index >= 15 is 0 Å². The van der Waals surface area contributed by atoms with Crippen molar-refractivity contribution in [2.75, 3.05) is 11.5 Å². The van der Waals surface area contributed by atoms with Gasteiger partial charge in [0.25, 0.3) is 0 Å². The lowest BCUT2D eigenvalue weighted by Crippen LogP contribution is -2.17. The maximum Gasteiger partial charge on any atom is 0.195 e. The third kappa shape index (κ3) is 2.24. The van der Waals surface area contributed by atoms with E-state index in [1.54, 1.807) is 0 Å². The number of rotatable bonds is 2. The summed E-state index contributed by atoms with van der Waals surface area (Å²) >= 11 is 7.39. The third-order valence-corrected chi connectivity index (χ3v) is 4.72. The zero-order valence-corrected chi connectivity index (χ0v) is 11.6. The van der Waals surface area contributed by atoms with Crippen LogP contribution in [0.2, 0.25) is 0 Å². The Hall–Kier alpha value is -1.07. The molecule has 0 saturated carbocycles. The SMILES string of the molecule is S=c1[nH]nc(-c2ccccc2)n1C1CCCSC1. The van der Waals surface area contributed by atoms with Crippen LogP contribution in [-0.4, -0.2) is 26.3 Å². The molecule has 0 amide bonds. The van der Waals surface area contributed by atoms with Gasteiger partial charge in [0, 0.05) is 17.4 Å². The molecule has 1 atom stereocenters. The lowest BCUT2D eigenvalue weighted by Gasteiger charge is -2.23. The van der Waals surface area contributed by atoms with Gasteiger partial charge >= 0.3 is 0 Å². The fourth-order valence-electron chi connectivity index (χ4n) is 2.36. The quantitative estimate of drug-likeness (QED) is 0.850. The summed E-state index contributed by atoms with van der Waals surface area (Å²) in [7, 11) is 0. The molecule has 1 aromatic carbocycles. The maximum atomic E-state index is 5.39. The molecule has 1 aliphatic heterocycles. The van der Waals surface area contributed by atoms with Crippen LogP contribution in [0.1, 0.15) is 18.9 Å². The highest BCUT2D eigenvalue weighted by molar-refractivity contribution is 7.99. The van der Waals surface area contributed by atoms with Crippen molar-refractivity contribution in [3.63, 3.8) is 0 Å². The monoisotopic (exact) mass is 277 g/mol. The first kappa shape index (κ1) is 12.0. The minimum absolute atomic E-state index is 0.477. The van der Waals surface area contributed by atoms with E-state index in [-0.39, 0.29) is 0 Å². The Morgan fingerprint density at radius 2 is 2.17 bits per heavy atom. The number of H-pyrrole nitrogens is 1. The number of aromatic amines is 1. The van der Waals surface area contributed by atoms with Crippen LogP contribution in [0.25, 0.3) is 11.4 Å². The highest BCUT2D eigenvalue weighted by Gasteiger charge is 2.20. The lowest BCUT2D eigenvalue weighted by molar-refractivity contribution is 0.498. The molecule has 94 valence electrons. The molecule has 1 fully saturated rings. The van der Waals surface area contributed by atoms with Gasteiger partial charge in [0.05, 0.1) is 0 Å². The fraction of sp³-hybridized carbons (Fsp3) is 0.385. The van der Waals surface area contributed by atoms with Crippen molar-refractivity contribution in [2.45, 2.75) is 18.9 Å². The first-order valence-corrected chi connectivity index (χ1v) is 7.72. The zero-order chi connectivity index (χ0) is 12.4. The average Bonchev–Trinajstić information content (AvgIpc) is 2.83. The van der Waals surface area contributed by atoms with Crippen molar-refractivity contribution < 1.29 is 0 Å². The van der Waals surface area contributed by atoms with E-state index in [9.17, 15) is 0 Å². The normalized spacial score (nSPS) is 19.9. The molecule has 2 aromatic rings. The predicted molar refractivity (Wildman–Crippen MR) is 78.4 cm³/mol. The smallest absolute Gasteiger partial charge is 0.195 e. The molecular weight excluding hydrogens is 262 g/mol. The van der Waals surface area contributed by atoms with E-state index in [0.29, 0.717) is 6.04 Å². The molecule has 0 spiro atoms. The molecule has 0 aliphatic carbocycles. The number of aromatic nitrogens is 3. The Bertz CT molecular complexity index is 567. The summed E-state index contributed by atoms with van der Waals surface area (Å²) in [4.78, 5) is 0. The molecule has 1 aliphatic rings. The summed E-state index contributed by atoms with van der Waals surface area (Å²) in [5, 5.41) is 7.34. The largest absolute Gasteiger partial charge is 0.296 e. The molecule has 1 saturated heterocycles. The van der Waals surface area contributed by atoms with Crippen molar-refractivity contribution in [3.05, 3.63) is 35.1 Å². The summed E-state index contributed by atoms with van der Waals surface area (Å²) in [6.45, 7) is 0. The van der Waals surface area contributed by atoms with Gasteiger partial charge in [-0.05, 0) is 30.8 Å². The Morgan fingerprint density at radius 1 is 1.33 bits per heavy atom. The van der Waals surface area contributed by atoms with Crippen molar-refractivity contribution >= 4 is 24.0 Å². The van der Waals surface area contributed by atoms with Gasteiger partial charge in [0.2, 0.25) is 0 Å². The van der Waals surface area contributed by atoms with Crippen LogP contribution >= 0.6 is 24.0 Å². The predicted octanol–water partition coefficient (Wildman–Crippen LogP) is 3.68. The molecule has 0 bridgehead atoms. The number of nitrogens with one attached hydrogen (secondary N) is 1. The van der Waals surface area contributed by atoms with Crippen LogP contribution < -0.4 is 0 Å². The second-order valence-electron chi connectivity index (χ2n) is 4.46. The van der Waals surface area contributed by atoms with Gasteiger partial charge in [-0.1, -0.05) is 30.3 Å². The summed E-state index contributed by atoms with van der Waals surface area (Å²) < 4.78 is 2.93. The maximum absolute atomic E-state index is 5.39. The fourth-order valence-corrected chi connectivity index (χ4v) is 3.77. The zero-order valence-electron chi connectivity index (χ0n) is 10.0. The number of benzene rings is 1. The summed E-state index contributed by atoms with van der Waals surface area (Å²) in [5.74, 6) is 3.36. The molecule has 2 heterocycles. The highest BCUT2D eigenvalue weighted by atomic mass is 32.2. The van der Waals surface area contributed by atoms with Gasteiger partial charge in [-0.25, -0.2) is 0 Å². The van der Waals surface area contributed by atoms with E-state index in [1.807, 2.05) is 30.0 Å². The number of nitrogens with zero attached hydrogens (tertiary/aromatic N) is 2. The molecule has 0 radical (unpaired) electrons. The molecule has 1 unspecified atom stereocenters. The van der Waals surface area contributed by atoms with Gasteiger partial charge in [-0.15, -0.1) is 0 Å². The molecule has 3 rings (SSSR count). The van der Waals surface area contributed by atoms with Gasteiger partial charge in [-0.3, -0.25) is 9.67 Å². The first-order valence-electron chi connectivity index (χ1n) is 6.16. The average molecular weight is 277 g/mol. The number of thioether (sulfide) groups is 1. The van der Waals surface area contributed by atoms with E-state index in [0.717, 1.165) is 21.9 Å². The second-order valence-corrected chi connectivity index (χ2v) is 6.00. The van der Waals surface area contributed by atoms with Crippen molar-refractivity contribution in [2.24, 2.45) is 0 Å². The molecular formula is C13H15N3S2. The second kappa shape index (κ2) is 5.28. The minimum Gasteiger partial charge on any atom is -0.296 e. The van der Waals surface area contributed by atoms with Crippen LogP contribution in [0.4, 0.5) is 0 Å². The van der Waals surface area contributed by atoms with E-state index in [2.05, 4.69) is 26.9 Å². The van der Waals surface area contributed by atoms with E-state index in [1.165, 1.54) is 18.6 Å². The third-order valence-electron chi connectivity index (χ3n) is 3.24. The number of hydrogen-bond acceptors (Lipinski definition) is 3. The molecule has 18 heavy (non-hydrogen) atoms. The van der Waals surface area contributed by atoms with Crippen LogP contribution in [0, 0.1) is 4.77 Å². The molecule has 1 aromatic heterocycles. The van der Waals surface area contributed by atoms with E-state index < -0.39 is 0 Å². The van der Waals surface area contributed by atoms with Crippen LogP contribution in [0.3, 0.4) is 0 Å². The van der Waals surface area contributed by atoms with Gasteiger partial charge in [0.15, 0.2) is 10.6 Å². The van der Waals surface area contributed by atoms with Crippen molar-refractivity contribution in [1.82, 2.24) is 14.8 Å². The van der Waals surface area contributed by atoms with Gasteiger partial charge in [0.1, 0.15) is 0 Å². The lowest BCUT2D eigenvalue weighted by atomic mass is 10.1. The Morgan fingerprint density at radius 3 is 2.89 bits per heavy atom. The Balaban J connectivity index is 2.03. The first-order chi connectivity index (χ1) is 8.86. The van der Waals surface area contributed by atoms with Crippen LogP contribution in [-0.2, 0) is 0 Å². The molecule has 3 nitrogen and oxygen atoms in total. The number of hydrogen-bond donors (Lipinski definition) is 1. The summed E-state index contributed by atoms with van der Waals surface area (Å²) in [6.07, 6.45) is 2.46. The Labute approximate surface area is 116 Å². The van der Waals surface area contributed by atoms with E-state index in [4.69, 9.17) is 12.2 Å². The van der Waals surface area contributed by atoms with Gasteiger partial charge in [-0.2, -0.15) is 16.9 Å². The Kier molecular flexibility index (Phi) is 3.52. The van der Waals surface area contributed by atoms with Crippen LogP contribution in [0.15, 0.2) is 30.3 Å². The summed E-state index contributed by atoms with van der Waals surface area (Å²) in [6, 6.07) is 10.7. The summed E-state index contributed by atoms with van der Waals surface area (Å²) in [5.41, 5.74) is 1.13. The molecule has 5 heteroatoms. The minimum atomic E-state index is 0.477. The highest BCUT2D eigenvalue weighted by Crippen LogP contribution is 2.30. The van der Waals surface area contributed by atoms with Crippen molar-refractivity contribution in [1.29, 1.82) is 0 Å². The van der Waals surface area contributed by atoms with Gasteiger partial charge < -0.3 is 0 Å². The van der Waals surface area contributed by atoms with Crippen LogP contribution in [0.5, 0.6) is 0 Å². The standard InChI is InChI=1S/C13H15N3S2/c17-13-15-14-12(10-5-2-1-3-6-10)16(13)11-7-4-8-18-9-11/h1-3,5-6,11H,4,7-9H2,(H,15,17). The topological polar surface area (TPSA) is 33.6 Å².